The molecule has 3 heteroatoms. The Balaban J connectivity index is 2.43. The third-order valence-electron chi connectivity index (χ3n) is 3.44. The first-order chi connectivity index (χ1) is 8.31. The van der Waals surface area contributed by atoms with Crippen molar-refractivity contribution < 1.29 is 4.79 Å². The van der Waals surface area contributed by atoms with Crippen LogP contribution in [0, 0.1) is 28.6 Å². The van der Waals surface area contributed by atoms with E-state index in [1.165, 1.54) is 0 Å². The molecule has 1 amide bonds. The van der Waals surface area contributed by atoms with E-state index in [4.69, 9.17) is 5.26 Å². The third-order valence-corrected chi connectivity index (χ3v) is 3.44. The number of nitriles is 1. The van der Waals surface area contributed by atoms with Crippen molar-refractivity contribution in [2.24, 2.45) is 17.3 Å². The minimum absolute atomic E-state index is 0.0422. The minimum atomic E-state index is 0.0422. The molecule has 18 heavy (non-hydrogen) atoms. The molecule has 0 aromatic carbocycles. The maximum atomic E-state index is 12.2. The van der Waals surface area contributed by atoms with Crippen LogP contribution in [0.2, 0.25) is 0 Å². The van der Waals surface area contributed by atoms with Gasteiger partial charge in [0.2, 0.25) is 5.91 Å². The van der Waals surface area contributed by atoms with Gasteiger partial charge in [-0.2, -0.15) is 5.26 Å². The molecule has 1 aliphatic heterocycles. The van der Waals surface area contributed by atoms with Crippen LogP contribution in [-0.4, -0.2) is 23.9 Å². The molecule has 1 saturated heterocycles. The number of piperidine rings is 1. The normalized spacial score (nSPS) is 22.4. The fraction of sp³-hybridized carbons (Fsp3) is 0.867. The number of amides is 1. The van der Waals surface area contributed by atoms with Crippen molar-refractivity contribution >= 4 is 5.91 Å². The van der Waals surface area contributed by atoms with Crippen LogP contribution in [0.1, 0.15) is 53.4 Å². The third kappa shape index (κ3) is 5.08. The van der Waals surface area contributed by atoms with Gasteiger partial charge < -0.3 is 4.90 Å². The van der Waals surface area contributed by atoms with Crippen molar-refractivity contribution in [3.8, 4) is 6.07 Å². The Kier molecular flexibility index (Phi) is 5.19. The Morgan fingerprint density at radius 1 is 1.50 bits per heavy atom. The molecular weight excluding hydrogens is 224 g/mol. The van der Waals surface area contributed by atoms with Crippen molar-refractivity contribution in [2.45, 2.75) is 53.4 Å². The quantitative estimate of drug-likeness (QED) is 0.772. The van der Waals surface area contributed by atoms with E-state index in [2.05, 4.69) is 33.8 Å². The fourth-order valence-corrected chi connectivity index (χ4v) is 2.85. The first kappa shape index (κ1) is 15.0. The van der Waals surface area contributed by atoms with Crippen LogP contribution >= 0.6 is 0 Å². The summed E-state index contributed by atoms with van der Waals surface area (Å²) in [4.78, 5) is 14.1. The van der Waals surface area contributed by atoms with Gasteiger partial charge in [0.1, 0.15) is 0 Å². The zero-order valence-electron chi connectivity index (χ0n) is 12.2. The molecule has 0 saturated carbocycles. The molecule has 0 aromatic rings. The van der Waals surface area contributed by atoms with Crippen molar-refractivity contribution in [3.05, 3.63) is 0 Å². The number of carbonyl (C=O) groups is 1. The van der Waals surface area contributed by atoms with Crippen LogP contribution in [0.4, 0.5) is 0 Å². The number of hydrogen-bond donors (Lipinski definition) is 0. The lowest BCUT2D eigenvalue weighted by Gasteiger charge is -2.31. The molecule has 0 radical (unpaired) electrons. The Morgan fingerprint density at radius 2 is 2.17 bits per heavy atom. The van der Waals surface area contributed by atoms with Gasteiger partial charge in [-0.15, -0.1) is 0 Å². The van der Waals surface area contributed by atoms with Gasteiger partial charge in [-0.05, 0) is 30.6 Å². The van der Waals surface area contributed by atoms with Crippen LogP contribution in [0.25, 0.3) is 0 Å². The number of hydrogen-bond acceptors (Lipinski definition) is 2. The molecule has 0 aromatic heterocycles. The number of likely N-dealkylation sites (tertiary alicyclic amines) is 1. The van der Waals surface area contributed by atoms with Gasteiger partial charge in [-0.1, -0.05) is 27.7 Å². The van der Waals surface area contributed by atoms with Crippen LogP contribution < -0.4 is 0 Å². The van der Waals surface area contributed by atoms with Crippen LogP contribution in [0.3, 0.4) is 0 Å². The summed E-state index contributed by atoms with van der Waals surface area (Å²) in [6, 6.07) is 2.29. The van der Waals surface area contributed by atoms with E-state index >= 15 is 0 Å². The summed E-state index contributed by atoms with van der Waals surface area (Å²) in [5.74, 6) is 0.687. The maximum Gasteiger partial charge on any atom is 0.222 e. The summed E-state index contributed by atoms with van der Waals surface area (Å²) in [5.41, 5.74) is 0.275. The van der Waals surface area contributed by atoms with Crippen LogP contribution in [0.15, 0.2) is 0 Å². The van der Waals surface area contributed by atoms with Crippen molar-refractivity contribution in [2.75, 3.05) is 13.1 Å². The Morgan fingerprint density at radius 3 is 2.72 bits per heavy atom. The molecule has 0 aliphatic carbocycles. The smallest absolute Gasteiger partial charge is 0.222 e. The molecule has 0 N–H and O–H groups in total. The van der Waals surface area contributed by atoms with Crippen LogP contribution in [0.5, 0.6) is 0 Å². The van der Waals surface area contributed by atoms with Gasteiger partial charge in [0, 0.05) is 19.5 Å². The Hall–Kier alpha value is -1.04. The average Bonchev–Trinajstić information content (AvgIpc) is 2.26. The Bertz CT molecular complexity index is 324. The summed E-state index contributed by atoms with van der Waals surface area (Å²) in [6.45, 7) is 10.2. The van der Waals surface area contributed by atoms with E-state index in [-0.39, 0.29) is 17.2 Å². The summed E-state index contributed by atoms with van der Waals surface area (Å²) in [5, 5.41) is 8.94. The highest BCUT2D eigenvalue weighted by atomic mass is 16.2. The lowest BCUT2D eigenvalue weighted by atomic mass is 9.84. The summed E-state index contributed by atoms with van der Waals surface area (Å²) >= 11 is 0. The topological polar surface area (TPSA) is 44.1 Å². The number of nitrogens with zero attached hydrogens (tertiary/aromatic N) is 2. The predicted molar refractivity (Wildman–Crippen MR) is 72.8 cm³/mol. The second-order valence-corrected chi connectivity index (χ2v) is 6.88. The Labute approximate surface area is 111 Å². The summed E-state index contributed by atoms with van der Waals surface area (Å²) in [6.07, 6.45) is 3.60. The monoisotopic (exact) mass is 250 g/mol. The molecule has 2 unspecified atom stereocenters. The lowest BCUT2D eigenvalue weighted by molar-refractivity contribution is -0.133. The average molecular weight is 250 g/mol. The van der Waals surface area contributed by atoms with E-state index in [1.54, 1.807) is 0 Å². The summed E-state index contributed by atoms with van der Waals surface area (Å²) in [7, 11) is 0. The van der Waals surface area contributed by atoms with Gasteiger partial charge >= 0.3 is 0 Å². The van der Waals surface area contributed by atoms with Gasteiger partial charge in [-0.25, -0.2) is 0 Å². The summed E-state index contributed by atoms with van der Waals surface area (Å²) < 4.78 is 0. The maximum absolute atomic E-state index is 12.2. The second-order valence-electron chi connectivity index (χ2n) is 6.88. The molecule has 1 aliphatic rings. The molecule has 102 valence electrons. The van der Waals surface area contributed by atoms with E-state index in [1.807, 2.05) is 4.90 Å². The fourth-order valence-electron chi connectivity index (χ4n) is 2.85. The van der Waals surface area contributed by atoms with Crippen LogP contribution in [-0.2, 0) is 4.79 Å². The molecule has 3 nitrogen and oxygen atoms in total. The standard InChI is InChI=1S/C15H26N2O/c1-12(9-15(2,3)4)8-14(18)17-7-5-6-13(10-16)11-17/h12-13H,5-9,11H2,1-4H3. The first-order valence-electron chi connectivity index (χ1n) is 6.99. The van der Waals surface area contributed by atoms with E-state index < -0.39 is 0 Å². The van der Waals surface area contributed by atoms with Gasteiger partial charge in [0.25, 0.3) is 0 Å². The van der Waals surface area contributed by atoms with Gasteiger partial charge in [0.05, 0.1) is 12.0 Å². The minimum Gasteiger partial charge on any atom is -0.341 e. The van der Waals surface area contributed by atoms with Crippen molar-refractivity contribution in [3.63, 3.8) is 0 Å². The molecule has 1 rings (SSSR count). The highest BCUT2D eigenvalue weighted by Crippen LogP contribution is 2.27. The zero-order valence-corrected chi connectivity index (χ0v) is 12.2. The second kappa shape index (κ2) is 6.22. The predicted octanol–water partition coefficient (Wildman–Crippen LogP) is 3.21. The van der Waals surface area contributed by atoms with E-state index in [0.717, 1.165) is 25.8 Å². The molecule has 2 atom stereocenters. The van der Waals surface area contributed by atoms with Gasteiger partial charge in [0.15, 0.2) is 0 Å². The highest BCUT2D eigenvalue weighted by molar-refractivity contribution is 5.76. The lowest BCUT2D eigenvalue weighted by Crippen LogP contribution is -2.40. The van der Waals surface area contributed by atoms with Gasteiger partial charge in [-0.3, -0.25) is 4.79 Å². The molecule has 0 spiro atoms. The number of rotatable bonds is 3. The largest absolute Gasteiger partial charge is 0.341 e. The highest BCUT2D eigenvalue weighted by Gasteiger charge is 2.25. The first-order valence-corrected chi connectivity index (χ1v) is 6.99. The van der Waals surface area contributed by atoms with Crippen molar-refractivity contribution in [1.82, 2.24) is 4.90 Å². The molecule has 1 fully saturated rings. The molecule has 0 bridgehead atoms. The van der Waals surface area contributed by atoms with Crippen molar-refractivity contribution in [1.29, 1.82) is 5.26 Å². The zero-order chi connectivity index (χ0) is 13.8. The molecule has 1 heterocycles. The number of carbonyl (C=O) groups excluding carboxylic acids is 1. The van der Waals surface area contributed by atoms with E-state index in [9.17, 15) is 4.79 Å². The SMILES string of the molecule is CC(CC(=O)N1CCCC(C#N)C1)CC(C)(C)C. The van der Waals surface area contributed by atoms with E-state index in [0.29, 0.717) is 18.9 Å². The molecular formula is C15H26N2O.